The zero-order valence-corrected chi connectivity index (χ0v) is 15.5. The number of carbonyl (C=O) groups is 1. The molecule has 0 bridgehead atoms. The van der Waals surface area contributed by atoms with Gasteiger partial charge in [0, 0.05) is 25.0 Å². The maximum absolute atomic E-state index is 12.0. The Morgan fingerprint density at radius 3 is 2.71 bits per heavy atom. The van der Waals surface area contributed by atoms with E-state index >= 15 is 0 Å². The Morgan fingerprint density at radius 2 is 2.04 bits per heavy atom. The van der Waals surface area contributed by atoms with Gasteiger partial charge in [0.15, 0.2) is 18.1 Å². The fraction of sp³-hybridized carbons (Fsp3) is 0.190. The van der Waals surface area contributed by atoms with Crippen molar-refractivity contribution >= 4 is 5.91 Å². The maximum atomic E-state index is 12.0. The Hall–Kier alpha value is -3.79. The third kappa shape index (κ3) is 4.89. The molecule has 0 atom stereocenters. The lowest BCUT2D eigenvalue weighted by molar-refractivity contribution is -0.123. The molecule has 3 rings (SSSR count). The van der Waals surface area contributed by atoms with Crippen LogP contribution in [0.25, 0.3) is 5.69 Å². The summed E-state index contributed by atoms with van der Waals surface area (Å²) >= 11 is 0. The van der Waals surface area contributed by atoms with Gasteiger partial charge >= 0.3 is 0 Å². The number of hydrogen-bond acceptors (Lipinski definition) is 5. The summed E-state index contributed by atoms with van der Waals surface area (Å²) in [4.78, 5) is 12.0. The molecule has 1 heterocycles. The average Bonchev–Trinajstić information content (AvgIpc) is 3.27. The number of amides is 1. The molecule has 2 aromatic carbocycles. The van der Waals surface area contributed by atoms with Gasteiger partial charge in [0.2, 0.25) is 0 Å². The number of aromatic nitrogens is 2. The lowest BCUT2D eigenvalue weighted by Gasteiger charge is -2.11. The molecular formula is C21H20N4O3. The van der Waals surface area contributed by atoms with Crippen molar-refractivity contribution in [3.63, 3.8) is 0 Å². The van der Waals surface area contributed by atoms with E-state index in [1.807, 2.05) is 42.6 Å². The molecule has 28 heavy (non-hydrogen) atoms. The van der Waals surface area contributed by atoms with Crippen LogP contribution in [0.3, 0.4) is 0 Å². The fourth-order valence-corrected chi connectivity index (χ4v) is 2.63. The molecule has 0 unspecified atom stereocenters. The Morgan fingerprint density at radius 1 is 1.21 bits per heavy atom. The van der Waals surface area contributed by atoms with Gasteiger partial charge in [-0.15, -0.1) is 0 Å². The fourth-order valence-electron chi connectivity index (χ4n) is 2.63. The van der Waals surface area contributed by atoms with Gasteiger partial charge in [-0.2, -0.15) is 10.4 Å². The molecule has 7 heteroatoms. The van der Waals surface area contributed by atoms with Crippen LogP contribution in [0.15, 0.2) is 60.9 Å². The van der Waals surface area contributed by atoms with Crippen LogP contribution in [0.5, 0.6) is 11.5 Å². The Balaban J connectivity index is 1.44. The molecule has 0 saturated heterocycles. The van der Waals surface area contributed by atoms with Crippen LogP contribution in [0.1, 0.15) is 11.1 Å². The highest BCUT2D eigenvalue weighted by Crippen LogP contribution is 2.27. The van der Waals surface area contributed by atoms with Crippen LogP contribution in [-0.4, -0.2) is 35.9 Å². The van der Waals surface area contributed by atoms with Crippen molar-refractivity contribution in [1.82, 2.24) is 15.1 Å². The van der Waals surface area contributed by atoms with Crippen molar-refractivity contribution < 1.29 is 14.3 Å². The number of hydrogen-bond donors (Lipinski definition) is 1. The molecule has 0 radical (unpaired) electrons. The minimum atomic E-state index is -0.223. The van der Waals surface area contributed by atoms with Gasteiger partial charge in [0.25, 0.3) is 5.91 Å². The second-order valence-electron chi connectivity index (χ2n) is 5.98. The third-order valence-electron chi connectivity index (χ3n) is 4.09. The molecule has 0 fully saturated rings. The Labute approximate surface area is 163 Å². The number of nitrogens with zero attached hydrogens (tertiary/aromatic N) is 3. The molecule has 142 valence electrons. The third-order valence-corrected chi connectivity index (χ3v) is 4.09. The lowest BCUT2D eigenvalue weighted by atomic mass is 10.1. The summed E-state index contributed by atoms with van der Waals surface area (Å²) in [6, 6.07) is 16.7. The number of ether oxygens (including phenoxy) is 2. The first-order valence-corrected chi connectivity index (χ1v) is 8.76. The number of carbonyl (C=O) groups excluding carboxylic acids is 1. The van der Waals surface area contributed by atoms with Gasteiger partial charge in [0.05, 0.1) is 24.4 Å². The van der Waals surface area contributed by atoms with E-state index < -0.39 is 0 Å². The Kier molecular flexibility index (Phi) is 6.26. The van der Waals surface area contributed by atoms with Gasteiger partial charge in [-0.3, -0.25) is 4.79 Å². The summed E-state index contributed by atoms with van der Waals surface area (Å²) in [5.41, 5.74) is 2.57. The largest absolute Gasteiger partial charge is 0.493 e. The molecule has 0 spiro atoms. The number of rotatable bonds is 8. The minimum Gasteiger partial charge on any atom is -0.493 e. The van der Waals surface area contributed by atoms with E-state index in [0.717, 1.165) is 11.3 Å². The van der Waals surface area contributed by atoms with Gasteiger partial charge in [0.1, 0.15) is 0 Å². The van der Waals surface area contributed by atoms with Gasteiger partial charge in [-0.25, -0.2) is 4.68 Å². The average molecular weight is 376 g/mol. The van der Waals surface area contributed by atoms with Crippen LogP contribution in [0.4, 0.5) is 0 Å². The van der Waals surface area contributed by atoms with E-state index in [2.05, 4.69) is 10.4 Å². The van der Waals surface area contributed by atoms with Crippen LogP contribution in [0.2, 0.25) is 0 Å². The molecular weight excluding hydrogens is 356 g/mol. The van der Waals surface area contributed by atoms with E-state index in [1.54, 1.807) is 29.1 Å². The summed E-state index contributed by atoms with van der Waals surface area (Å²) < 4.78 is 12.5. The van der Waals surface area contributed by atoms with Crippen LogP contribution >= 0.6 is 0 Å². The highest BCUT2D eigenvalue weighted by molar-refractivity contribution is 5.77. The smallest absolute Gasteiger partial charge is 0.257 e. The van der Waals surface area contributed by atoms with Crippen molar-refractivity contribution in [2.24, 2.45) is 0 Å². The SMILES string of the molecule is COc1cc(C#N)ccc1OCC(=O)NCCc1ccc(-n2cccn2)cc1. The predicted molar refractivity (Wildman–Crippen MR) is 103 cm³/mol. The van der Waals surface area contributed by atoms with Gasteiger partial charge in [-0.1, -0.05) is 12.1 Å². The molecule has 0 aliphatic carbocycles. The zero-order chi connectivity index (χ0) is 19.8. The molecule has 7 nitrogen and oxygen atoms in total. The first kappa shape index (κ1) is 19.0. The summed E-state index contributed by atoms with van der Waals surface area (Å²) in [6.45, 7) is 0.383. The van der Waals surface area contributed by atoms with Crippen molar-refractivity contribution in [2.75, 3.05) is 20.3 Å². The second-order valence-corrected chi connectivity index (χ2v) is 5.98. The van der Waals surface area contributed by atoms with Crippen LogP contribution in [-0.2, 0) is 11.2 Å². The molecule has 1 amide bonds. The van der Waals surface area contributed by atoms with Crippen molar-refractivity contribution in [3.8, 4) is 23.3 Å². The standard InChI is InChI=1S/C21H20N4O3/c1-27-20-13-17(14-22)5-8-19(20)28-15-21(26)23-11-9-16-3-6-18(7-4-16)25-12-2-10-24-25/h2-8,10,12-13H,9,11,15H2,1H3,(H,23,26). The topological polar surface area (TPSA) is 89.2 Å². The summed E-state index contributed by atoms with van der Waals surface area (Å²) in [5, 5.41) is 15.9. The minimum absolute atomic E-state index is 0.125. The van der Waals surface area contributed by atoms with Crippen molar-refractivity contribution in [3.05, 3.63) is 72.1 Å². The van der Waals surface area contributed by atoms with Gasteiger partial charge in [-0.05, 0) is 42.3 Å². The van der Waals surface area contributed by atoms with E-state index in [4.69, 9.17) is 14.7 Å². The number of nitriles is 1. The summed E-state index contributed by atoms with van der Waals surface area (Å²) in [6.07, 6.45) is 4.34. The number of nitrogens with one attached hydrogen (secondary N) is 1. The first-order chi connectivity index (χ1) is 13.7. The van der Waals surface area contributed by atoms with E-state index in [9.17, 15) is 4.79 Å². The van der Waals surface area contributed by atoms with E-state index in [0.29, 0.717) is 30.0 Å². The zero-order valence-electron chi connectivity index (χ0n) is 15.5. The monoisotopic (exact) mass is 376 g/mol. The molecule has 1 aromatic heterocycles. The van der Waals surface area contributed by atoms with Gasteiger partial charge < -0.3 is 14.8 Å². The molecule has 3 aromatic rings. The van der Waals surface area contributed by atoms with E-state index in [-0.39, 0.29) is 12.5 Å². The highest BCUT2D eigenvalue weighted by Gasteiger charge is 2.08. The first-order valence-electron chi connectivity index (χ1n) is 8.76. The summed E-state index contributed by atoms with van der Waals surface area (Å²) in [7, 11) is 1.49. The number of methoxy groups -OCH3 is 1. The molecule has 0 saturated carbocycles. The maximum Gasteiger partial charge on any atom is 0.257 e. The molecule has 0 aliphatic heterocycles. The molecule has 0 aliphatic rings. The van der Waals surface area contributed by atoms with Crippen LogP contribution < -0.4 is 14.8 Å². The highest BCUT2D eigenvalue weighted by atomic mass is 16.5. The summed E-state index contributed by atoms with van der Waals surface area (Å²) in [5.74, 6) is 0.620. The predicted octanol–water partition coefficient (Wildman–Crippen LogP) is 2.49. The normalized spacial score (nSPS) is 10.1. The lowest BCUT2D eigenvalue weighted by Crippen LogP contribution is -2.30. The van der Waals surface area contributed by atoms with Crippen molar-refractivity contribution in [2.45, 2.75) is 6.42 Å². The van der Waals surface area contributed by atoms with E-state index in [1.165, 1.54) is 7.11 Å². The Bertz CT molecular complexity index is 960. The van der Waals surface area contributed by atoms with Crippen LogP contribution in [0, 0.1) is 11.3 Å². The molecule has 1 N–H and O–H groups in total. The quantitative estimate of drug-likeness (QED) is 0.652. The number of benzene rings is 2. The van der Waals surface area contributed by atoms with Crippen molar-refractivity contribution in [1.29, 1.82) is 5.26 Å². The second kappa shape index (κ2) is 9.24.